The minimum absolute atomic E-state index is 0.0759. The molecule has 2 aromatic rings. The Labute approximate surface area is 128 Å². The second-order valence-electron chi connectivity index (χ2n) is 5.31. The Hall–Kier alpha value is -1.94. The third kappa shape index (κ3) is 3.79. The third-order valence-corrected chi connectivity index (χ3v) is 4.29. The number of aromatic nitrogens is 1. The summed E-state index contributed by atoms with van der Waals surface area (Å²) < 4.78 is 0. The highest BCUT2D eigenvalue weighted by Gasteiger charge is 2.31. The van der Waals surface area contributed by atoms with E-state index in [0.29, 0.717) is 12.6 Å². The number of aryl methyl sites for hydroxylation is 1. The summed E-state index contributed by atoms with van der Waals surface area (Å²) in [4.78, 5) is 18.7. The molecule has 0 aliphatic heterocycles. The zero-order chi connectivity index (χ0) is 14.7. The lowest BCUT2D eigenvalue weighted by molar-refractivity contribution is -0.127. The quantitative estimate of drug-likeness (QED) is 0.789. The van der Waals surface area contributed by atoms with Crippen LogP contribution in [0.25, 0.3) is 6.08 Å². The van der Waals surface area contributed by atoms with Crippen LogP contribution < -0.4 is 0 Å². The van der Waals surface area contributed by atoms with Gasteiger partial charge < -0.3 is 4.90 Å². The van der Waals surface area contributed by atoms with Gasteiger partial charge in [0.1, 0.15) is 0 Å². The Kier molecular flexibility index (Phi) is 4.15. The molecule has 0 unspecified atom stereocenters. The molecule has 1 amide bonds. The van der Waals surface area contributed by atoms with Gasteiger partial charge in [-0.1, -0.05) is 30.3 Å². The highest BCUT2D eigenvalue weighted by Crippen LogP contribution is 2.28. The van der Waals surface area contributed by atoms with Gasteiger partial charge >= 0.3 is 0 Å². The molecule has 3 rings (SSSR count). The molecule has 1 fully saturated rings. The van der Waals surface area contributed by atoms with Crippen molar-refractivity contribution in [2.75, 3.05) is 0 Å². The third-order valence-electron chi connectivity index (χ3n) is 3.50. The number of amides is 1. The molecule has 1 aliphatic carbocycles. The number of hydrogen-bond donors (Lipinski definition) is 0. The summed E-state index contributed by atoms with van der Waals surface area (Å²) in [5.74, 6) is 0.0759. The molecule has 1 heterocycles. The van der Waals surface area contributed by atoms with Crippen LogP contribution >= 0.6 is 11.3 Å². The minimum atomic E-state index is 0.0759. The van der Waals surface area contributed by atoms with Crippen LogP contribution in [0.3, 0.4) is 0 Å². The van der Waals surface area contributed by atoms with E-state index in [-0.39, 0.29) is 5.91 Å². The second kappa shape index (κ2) is 6.22. The van der Waals surface area contributed by atoms with Crippen molar-refractivity contribution in [3.8, 4) is 0 Å². The van der Waals surface area contributed by atoms with E-state index >= 15 is 0 Å². The monoisotopic (exact) mass is 298 g/mol. The maximum Gasteiger partial charge on any atom is 0.247 e. The van der Waals surface area contributed by atoms with E-state index in [1.165, 1.54) is 5.56 Å². The molecule has 0 N–H and O–H groups in total. The van der Waals surface area contributed by atoms with E-state index < -0.39 is 0 Å². The van der Waals surface area contributed by atoms with Crippen molar-refractivity contribution >= 4 is 23.3 Å². The van der Waals surface area contributed by atoms with Gasteiger partial charge in [-0.2, -0.15) is 0 Å². The fourth-order valence-electron chi connectivity index (χ4n) is 2.26. The SMILES string of the molecule is Cc1nc(/C=C/C(=O)N(Cc2ccccc2)C2CC2)cs1. The Balaban J connectivity index is 1.69. The summed E-state index contributed by atoms with van der Waals surface area (Å²) >= 11 is 1.60. The molecule has 0 radical (unpaired) electrons. The zero-order valence-corrected chi connectivity index (χ0v) is 12.8. The van der Waals surface area contributed by atoms with Gasteiger partial charge in [0.2, 0.25) is 5.91 Å². The topological polar surface area (TPSA) is 33.2 Å². The molecule has 0 spiro atoms. The summed E-state index contributed by atoms with van der Waals surface area (Å²) in [6, 6.07) is 10.6. The molecule has 1 aromatic heterocycles. The summed E-state index contributed by atoms with van der Waals surface area (Å²) in [5, 5.41) is 2.99. The molecular weight excluding hydrogens is 280 g/mol. The Morgan fingerprint density at radius 3 is 2.76 bits per heavy atom. The largest absolute Gasteiger partial charge is 0.332 e. The van der Waals surface area contributed by atoms with Gasteiger partial charge in [-0.3, -0.25) is 4.79 Å². The first-order valence-corrected chi connectivity index (χ1v) is 8.05. The fraction of sp³-hybridized carbons (Fsp3) is 0.294. The molecule has 4 heteroatoms. The van der Waals surface area contributed by atoms with E-state index in [4.69, 9.17) is 0 Å². The number of thiazole rings is 1. The van der Waals surface area contributed by atoms with Gasteiger partial charge in [-0.15, -0.1) is 11.3 Å². The Bertz CT molecular complexity index is 644. The number of carbonyl (C=O) groups is 1. The molecule has 0 atom stereocenters. The van der Waals surface area contributed by atoms with Crippen molar-refractivity contribution in [2.24, 2.45) is 0 Å². The molecule has 1 aromatic carbocycles. The van der Waals surface area contributed by atoms with Crippen molar-refractivity contribution in [1.29, 1.82) is 0 Å². The van der Waals surface area contributed by atoms with Gasteiger partial charge in [0.15, 0.2) is 0 Å². The standard InChI is InChI=1S/C17H18N2OS/c1-13-18-15(12-21-13)7-10-17(20)19(16-8-9-16)11-14-5-3-2-4-6-14/h2-7,10,12,16H,8-9,11H2,1H3/b10-7+. The lowest BCUT2D eigenvalue weighted by Gasteiger charge is -2.20. The smallest absolute Gasteiger partial charge is 0.247 e. The van der Waals surface area contributed by atoms with Gasteiger partial charge in [-0.05, 0) is 31.4 Å². The normalized spacial score (nSPS) is 14.5. The number of hydrogen-bond acceptors (Lipinski definition) is 3. The van der Waals surface area contributed by atoms with Crippen LogP contribution in [0.4, 0.5) is 0 Å². The van der Waals surface area contributed by atoms with Crippen LogP contribution in [-0.4, -0.2) is 21.8 Å². The highest BCUT2D eigenvalue weighted by molar-refractivity contribution is 7.09. The van der Waals surface area contributed by atoms with Crippen LogP contribution in [0.2, 0.25) is 0 Å². The first-order chi connectivity index (χ1) is 10.2. The van der Waals surface area contributed by atoms with Gasteiger partial charge in [0, 0.05) is 24.0 Å². The fourth-order valence-corrected chi connectivity index (χ4v) is 2.84. The van der Waals surface area contributed by atoms with E-state index in [9.17, 15) is 4.79 Å². The number of rotatable bonds is 5. The second-order valence-corrected chi connectivity index (χ2v) is 6.37. The van der Waals surface area contributed by atoms with Crippen molar-refractivity contribution in [3.63, 3.8) is 0 Å². The highest BCUT2D eigenvalue weighted by atomic mass is 32.1. The molecule has 21 heavy (non-hydrogen) atoms. The number of carbonyl (C=O) groups excluding carboxylic acids is 1. The van der Waals surface area contributed by atoms with E-state index in [2.05, 4.69) is 17.1 Å². The molecule has 0 bridgehead atoms. The first-order valence-electron chi connectivity index (χ1n) is 7.17. The molecule has 1 aliphatic rings. The van der Waals surface area contributed by atoms with Crippen molar-refractivity contribution < 1.29 is 4.79 Å². The van der Waals surface area contributed by atoms with Crippen LogP contribution in [0.5, 0.6) is 0 Å². The van der Waals surface area contributed by atoms with Crippen molar-refractivity contribution in [1.82, 2.24) is 9.88 Å². The first kappa shape index (κ1) is 14.0. The minimum Gasteiger partial charge on any atom is -0.332 e. The van der Waals surface area contributed by atoms with Crippen LogP contribution in [-0.2, 0) is 11.3 Å². The summed E-state index contributed by atoms with van der Waals surface area (Å²) in [6.45, 7) is 2.65. The maximum atomic E-state index is 12.4. The van der Waals surface area contributed by atoms with Crippen molar-refractivity contribution in [3.05, 3.63) is 58.1 Å². The Morgan fingerprint density at radius 2 is 2.14 bits per heavy atom. The van der Waals surface area contributed by atoms with Gasteiger partial charge in [0.25, 0.3) is 0 Å². The Morgan fingerprint density at radius 1 is 1.38 bits per heavy atom. The zero-order valence-electron chi connectivity index (χ0n) is 12.0. The number of benzene rings is 1. The lowest BCUT2D eigenvalue weighted by atomic mass is 10.2. The van der Waals surface area contributed by atoms with Crippen LogP contribution in [0.15, 0.2) is 41.8 Å². The molecule has 3 nitrogen and oxygen atoms in total. The van der Waals surface area contributed by atoms with E-state index in [0.717, 1.165) is 23.5 Å². The average molecular weight is 298 g/mol. The van der Waals surface area contributed by atoms with Crippen molar-refractivity contribution in [2.45, 2.75) is 32.4 Å². The molecule has 1 saturated carbocycles. The summed E-state index contributed by atoms with van der Waals surface area (Å²) in [7, 11) is 0. The lowest BCUT2D eigenvalue weighted by Crippen LogP contribution is -2.31. The molecule has 0 saturated heterocycles. The van der Waals surface area contributed by atoms with Crippen LogP contribution in [0.1, 0.15) is 29.1 Å². The number of nitrogens with zero attached hydrogens (tertiary/aromatic N) is 2. The van der Waals surface area contributed by atoms with Crippen LogP contribution in [0, 0.1) is 6.92 Å². The molecule has 108 valence electrons. The maximum absolute atomic E-state index is 12.4. The van der Waals surface area contributed by atoms with Gasteiger partial charge in [0.05, 0.1) is 10.7 Å². The molecular formula is C17H18N2OS. The predicted molar refractivity (Wildman–Crippen MR) is 85.9 cm³/mol. The van der Waals surface area contributed by atoms with Gasteiger partial charge in [-0.25, -0.2) is 4.98 Å². The summed E-state index contributed by atoms with van der Waals surface area (Å²) in [6.07, 6.45) is 5.69. The van der Waals surface area contributed by atoms with E-state index in [1.807, 2.05) is 41.5 Å². The summed E-state index contributed by atoms with van der Waals surface area (Å²) in [5.41, 5.74) is 2.04. The average Bonchev–Trinajstić information content (AvgIpc) is 3.25. The van der Waals surface area contributed by atoms with E-state index in [1.54, 1.807) is 17.4 Å². The predicted octanol–water partition coefficient (Wildman–Crippen LogP) is 3.66.